The Balaban J connectivity index is 1.39. The molecule has 0 aliphatic carbocycles. The summed E-state index contributed by atoms with van der Waals surface area (Å²) in [4.78, 5) is 16.4. The number of anilines is 1. The van der Waals surface area contributed by atoms with Gasteiger partial charge in [0.25, 0.3) is 0 Å². The van der Waals surface area contributed by atoms with Crippen LogP contribution in [0.1, 0.15) is 12.0 Å². The molecule has 0 saturated carbocycles. The van der Waals surface area contributed by atoms with Crippen molar-refractivity contribution in [1.82, 2.24) is 20.0 Å². The van der Waals surface area contributed by atoms with Crippen molar-refractivity contribution in [2.24, 2.45) is 13.0 Å². The standard InChI is InChI=1S/C19H27N5O/c1-22(18-6-4-3-5-7-18)11-9-20-19(25)24-10-8-16(15-24)12-17-13-21-23(2)14-17/h3-7,13-14,16H,8-12,15H2,1-2H3,(H,20,25)/t16-/m0/s1. The Morgan fingerprint density at radius 2 is 2.16 bits per heavy atom. The van der Waals surface area contributed by atoms with E-state index in [2.05, 4.69) is 33.6 Å². The summed E-state index contributed by atoms with van der Waals surface area (Å²) in [5.74, 6) is 0.530. The third-order valence-corrected chi connectivity index (χ3v) is 4.78. The highest BCUT2D eigenvalue weighted by atomic mass is 16.2. The fraction of sp³-hybridized carbons (Fsp3) is 0.474. The van der Waals surface area contributed by atoms with E-state index in [9.17, 15) is 4.79 Å². The van der Waals surface area contributed by atoms with Crippen LogP contribution in [0, 0.1) is 5.92 Å². The Morgan fingerprint density at radius 1 is 1.36 bits per heavy atom. The summed E-state index contributed by atoms with van der Waals surface area (Å²) in [6, 6.07) is 10.3. The predicted octanol–water partition coefficient (Wildman–Crippen LogP) is 2.13. The summed E-state index contributed by atoms with van der Waals surface area (Å²) >= 11 is 0. The predicted molar refractivity (Wildman–Crippen MR) is 99.7 cm³/mol. The van der Waals surface area contributed by atoms with Crippen LogP contribution in [0.15, 0.2) is 42.7 Å². The summed E-state index contributed by atoms with van der Waals surface area (Å²) in [5, 5.41) is 7.26. The molecule has 2 heterocycles. The van der Waals surface area contributed by atoms with Crippen LogP contribution in [0.2, 0.25) is 0 Å². The van der Waals surface area contributed by atoms with Crippen molar-refractivity contribution in [3.63, 3.8) is 0 Å². The molecule has 1 atom stereocenters. The lowest BCUT2D eigenvalue weighted by Gasteiger charge is -2.21. The van der Waals surface area contributed by atoms with Gasteiger partial charge in [0.2, 0.25) is 0 Å². The highest BCUT2D eigenvalue weighted by Gasteiger charge is 2.26. The number of aromatic nitrogens is 2. The molecule has 1 aliphatic heterocycles. The molecule has 1 aromatic carbocycles. The maximum atomic E-state index is 12.3. The second-order valence-corrected chi connectivity index (χ2v) is 6.82. The Kier molecular flexibility index (Phi) is 5.58. The summed E-state index contributed by atoms with van der Waals surface area (Å²) in [5.41, 5.74) is 2.41. The van der Waals surface area contributed by atoms with Gasteiger partial charge in [0.1, 0.15) is 0 Å². The van der Waals surface area contributed by atoms with Crippen molar-refractivity contribution in [2.45, 2.75) is 12.8 Å². The molecule has 1 fully saturated rings. The van der Waals surface area contributed by atoms with E-state index in [4.69, 9.17) is 0 Å². The van der Waals surface area contributed by atoms with Crippen molar-refractivity contribution in [3.8, 4) is 0 Å². The molecule has 0 unspecified atom stereocenters. The minimum atomic E-state index is 0.0511. The molecule has 6 nitrogen and oxygen atoms in total. The first-order valence-corrected chi connectivity index (χ1v) is 8.88. The van der Waals surface area contributed by atoms with Gasteiger partial charge in [0, 0.05) is 52.2 Å². The van der Waals surface area contributed by atoms with E-state index in [0.717, 1.165) is 38.2 Å². The first-order valence-electron chi connectivity index (χ1n) is 8.88. The van der Waals surface area contributed by atoms with Gasteiger partial charge in [-0.25, -0.2) is 4.79 Å². The topological polar surface area (TPSA) is 53.4 Å². The minimum absolute atomic E-state index is 0.0511. The molecule has 1 N–H and O–H groups in total. The lowest BCUT2D eigenvalue weighted by molar-refractivity contribution is 0.207. The zero-order chi connectivity index (χ0) is 17.6. The normalized spacial score (nSPS) is 16.9. The molecule has 1 aromatic heterocycles. The van der Waals surface area contributed by atoms with Crippen LogP contribution in [-0.4, -0.2) is 53.9 Å². The van der Waals surface area contributed by atoms with Crippen LogP contribution in [0.4, 0.5) is 10.5 Å². The van der Waals surface area contributed by atoms with Gasteiger partial charge in [-0.15, -0.1) is 0 Å². The summed E-state index contributed by atoms with van der Waals surface area (Å²) in [7, 11) is 3.98. The molecule has 2 amide bonds. The monoisotopic (exact) mass is 341 g/mol. The van der Waals surface area contributed by atoms with Gasteiger partial charge >= 0.3 is 6.03 Å². The SMILES string of the molecule is CN(CCNC(=O)N1CC[C@@H](Cc2cnn(C)c2)C1)c1ccccc1. The van der Waals surface area contributed by atoms with Crippen molar-refractivity contribution in [2.75, 3.05) is 38.1 Å². The third kappa shape index (κ3) is 4.75. The van der Waals surface area contributed by atoms with Crippen LogP contribution < -0.4 is 10.2 Å². The van der Waals surface area contributed by atoms with Gasteiger partial charge < -0.3 is 15.1 Å². The maximum Gasteiger partial charge on any atom is 0.317 e. The van der Waals surface area contributed by atoms with Gasteiger partial charge in [0.05, 0.1) is 6.20 Å². The molecule has 1 saturated heterocycles. The third-order valence-electron chi connectivity index (χ3n) is 4.78. The summed E-state index contributed by atoms with van der Waals surface area (Å²) in [6.07, 6.45) is 6.03. The number of benzene rings is 1. The van der Waals surface area contributed by atoms with Gasteiger partial charge in [-0.1, -0.05) is 18.2 Å². The molecule has 2 aromatic rings. The molecule has 3 rings (SSSR count). The minimum Gasteiger partial charge on any atom is -0.373 e. The quantitative estimate of drug-likeness (QED) is 0.876. The van der Waals surface area contributed by atoms with Crippen molar-refractivity contribution in [3.05, 3.63) is 48.3 Å². The smallest absolute Gasteiger partial charge is 0.317 e. The van der Waals surface area contributed by atoms with E-state index < -0.39 is 0 Å². The molecule has 6 heteroatoms. The number of carbonyl (C=O) groups excluding carboxylic acids is 1. The first kappa shape index (κ1) is 17.3. The number of hydrogen-bond acceptors (Lipinski definition) is 3. The Labute approximate surface area is 149 Å². The zero-order valence-corrected chi connectivity index (χ0v) is 15.1. The molecule has 134 valence electrons. The van der Waals surface area contributed by atoms with Gasteiger partial charge in [-0.3, -0.25) is 4.68 Å². The van der Waals surface area contributed by atoms with Crippen molar-refractivity contribution in [1.29, 1.82) is 0 Å². The Bertz CT molecular complexity index is 684. The van der Waals surface area contributed by atoms with E-state index >= 15 is 0 Å². The van der Waals surface area contributed by atoms with Gasteiger partial charge in [0.15, 0.2) is 0 Å². The van der Waals surface area contributed by atoms with Crippen LogP contribution in [0.3, 0.4) is 0 Å². The molecule has 0 radical (unpaired) electrons. The highest BCUT2D eigenvalue weighted by molar-refractivity contribution is 5.74. The van der Waals surface area contributed by atoms with E-state index in [1.807, 2.05) is 48.1 Å². The van der Waals surface area contributed by atoms with E-state index in [1.165, 1.54) is 5.56 Å². The Hall–Kier alpha value is -2.50. The summed E-state index contributed by atoms with van der Waals surface area (Å²) in [6.45, 7) is 3.11. The number of likely N-dealkylation sites (N-methyl/N-ethyl adjacent to an activating group) is 1. The number of para-hydroxylation sites is 1. The molecule has 25 heavy (non-hydrogen) atoms. The van der Waals surface area contributed by atoms with Crippen LogP contribution in [0.25, 0.3) is 0 Å². The van der Waals surface area contributed by atoms with Crippen LogP contribution in [-0.2, 0) is 13.5 Å². The second-order valence-electron chi connectivity index (χ2n) is 6.82. The molecule has 0 spiro atoms. The number of hydrogen-bond donors (Lipinski definition) is 1. The van der Waals surface area contributed by atoms with E-state index in [-0.39, 0.29) is 6.03 Å². The van der Waals surface area contributed by atoms with Crippen molar-refractivity contribution < 1.29 is 4.79 Å². The first-order chi connectivity index (χ1) is 12.1. The molecule has 0 bridgehead atoms. The lowest BCUT2D eigenvalue weighted by atomic mass is 10.0. The largest absolute Gasteiger partial charge is 0.373 e. The lowest BCUT2D eigenvalue weighted by Crippen LogP contribution is -2.41. The molecular weight excluding hydrogens is 314 g/mol. The van der Waals surface area contributed by atoms with Gasteiger partial charge in [-0.2, -0.15) is 5.10 Å². The average molecular weight is 341 g/mol. The number of amides is 2. The number of likely N-dealkylation sites (tertiary alicyclic amines) is 1. The number of aryl methyl sites for hydroxylation is 1. The zero-order valence-electron chi connectivity index (χ0n) is 15.1. The van der Waals surface area contributed by atoms with E-state index in [0.29, 0.717) is 12.5 Å². The number of carbonyl (C=O) groups is 1. The van der Waals surface area contributed by atoms with Crippen LogP contribution >= 0.6 is 0 Å². The number of nitrogens with one attached hydrogen (secondary N) is 1. The molecule has 1 aliphatic rings. The fourth-order valence-electron chi connectivity index (χ4n) is 3.35. The average Bonchev–Trinajstić information content (AvgIpc) is 3.25. The highest BCUT2D eigenvalue weighted by Crippen LogP contribution is 2.20. The number of urea groups is 1. The number of nitrogens with zero attached hydrogens (tertiary/aromatic N) is 4. The fourth-order valence-corrected chi connectivity index (χ4v) is 3.35. The Morgan fingerprint density at radius 3 is 2.88 bits per heavy atom. The van der Waals surface area contributed by atoms with Crippen LogP contribution in [0.5, 0.6) is 0 Å². The summed E-state index contributed by atoms with van der Waals surface area (Å²) < 4.78 is 1.83. The number of rotatable bonds is 6. The second kappa shape index (κ2) is 8.05. The van der Waals surface area contributed by atoms with Gasteiger partial charge in [-0.05, 0) is 36.5 Å². The maximum absolute atomic E-state index is 12.3. The van der Waals surface area contributed by atoms with Crippen molar-refractivity contribution >= 4 is 11.7 Å². The molecular formula is C19H27N5O. The van der Waals surface area contributed by atoms with E-state index in [1.54, 1.807) is 0 Å².